The van der Waals surface area contributed by atoms with Crippen molar-refractivity contribution in [3.63, 3.8) is 0 Å². The Kier molecular flexibility index (Phi) is 4.30. The molecule has 0 amide bonds. The van der Waals surface area contributed by atoms with Gasteiger partial charge >= 0.3 is 6.18 Å². The van der Waals surface area contributed by atoms with E-state index >= 15 is 0 Å². The monoisotopic (exact) mass is 346 g/mol. The largest absolute Gasteiger partial charge is 0.463 e. The van der Waals surface area contributed by atoms with Crippen molar-refractivity contribution in [1.82, 2.24) is 9.97 Å². The molecule has 10 heteroatoms. The normalized spacial score (nSPS) is 27.6. The molecule has 1 aliphatic rings. The van der Waals surface area contributed by atoms with Crippen molar-refractivity contribution in [1.29, 1.82) is 0 Å². The molecule has 2 aromatic rings. The molecule has 3 N–H and O–H groups in total. The maximum Gasteiger partial charge on any atom is 0.433 e. The van der Waals surface area contributed by atoms with E-state index in [0.717, 1.165) is 0 Å². The molecule has 0 aromatic carbocycles. The molecular weight excluding hydrogens is 333 g/mol. The molecule has 2 aromatic heterocycles. The fourth-order valence-corrected chi connectivity index (χ4v) is 2.40. The van der Waals surface area contributed by atoms with Gasteiger partial charge in [-0.15, -0.1) is 0 Å². The molecule has 0 bridgehead atoms. The number of halogens is 3. The SMILES string of the molecule is OC[C@H]1O[C@@H](c2nc(-c3ccco3)cc(C(F)(F)F)n2)[C@H](O)[C@@H]1O. The molecule has 0 unspecified atom stereocenters. The van der Waals surface area contributed by atoms with Gasteiger partial charge in [-0.05, 0) is 18.2 Å². The lowest BCUT2D eigenvalue weighted by Gasteiger charge is -2.16. The Labute approximate surface area is 133 Å². The second kappa shape index (κ2) is 6.13. The number of nitrogens with zero attached hydrogens (tertiary/aromatic N) is 2. The lowest BCUT2D eigenvalue weighted by molar-refractivity contribution is -0.141. The Morgan fingerprint density at radius 3 is 2.46 bits per heavy atom. The Hall–Kier alpha value is -2.01. The molecule has 1 aliphatic heterocycles. The molecule has 7 nitrogen and oxygen atoms in total. The van der Waals surface area contributed by atoms with Crippen LogP contribution in [0.25, 0.3) is 11.5 Å². The van der Waals surface area contributed by atoms with E-state index < -0.39 is 48.7 Å². The molecule has 130 valence electrons. The number of hydrogen-bond acceptors (Lipinski definition) is 7. The van der Waals surface area contributed by atoms with Gasteiger partial charge in [0, 0.05) is 0 Å². The predicted octanol–water partition coefficient (Wildman–Crippen LogP) is 0.909. The first-order chi connectivity index (χ1) is 11.3. The van der Waals surface area contributed by atoms with E-state index in [9.17, 15) is 23.4 Å². The number of rotatable bonds is 3. The van der Waals surface area contributed by atoms with Crippen molar-refractivity contribution in [2.75, 3.05) is 6.61 Å². The van der Waals surface area contributed by atoms with Gasteiger partial charge in [0.1, 0.15) is 35.8 Å². The summed E-state index contributed by atoms with van der Waals surface area (Å²) < 4.78 is 49.5. The standard InChI is InChI=1S/C14H13F3N2O5/c15-14(16,17)9-4-6(7-2-1-3-23-7)18-13(19-9)12-11(22)10(21)8(5-20)24-12/h1-4,8,10-12,20-22H,5H2/t8-,10-,11-,12-/m1/s1. The van der Waals surface area contributed by atoms with E-state index in [1.54, 1.807) is 0 Å². The smallest absolute Gasteiger partial charge is 0.433 e. The predicted molar refractivity (Wildman–Crippen MR) is 71.4 cm³/mol. The molecule has 1 fully saturated rings. The van der Waals surface area contributed by atoms with Crippen LogP contribution in [-0.2, 0) is 10.9 Å². The van der Waals surface area contributed by atoms with Gasteiger partial charge in [-0.25, -0.2) is 9.97 Å². The third kappa shape index (κ3) is 3.00. The second-order valence-electron chi connectivity index (χ2n) is 5.23. The van der Waals surface area contributed by atoms with Crippen LogP contribution >= 0.6 is 0 Å². The highest BCUT2D eigenvalue weighted by Gasteiger charge is 2.45. The molecule has 24 heavy (non-hydrogen) atoms. The van der Waals surface area contributed by atoms with E-state index in [0.29, 0.717) is 6.07 Å². The second-order valence-corrected chi connectivity index (χ2v) is 5.23. The van der Waals surface area contributed by atoms with Crippen LogP contribution in [0.5, 0.6) is 0 Å². The number of aliphatic hydroxyl groups excluding tert-OH is 3. The minimum absolute atomic E-state index is 0.0795. The highest BCUT2D eigenvalue weighted by molar-refractivity contribution is 5.52. The lowest BCUT2D eigenvalue weighted by atomic mass is 10.1. The minimum atomic E-state index is -4.75. The average Bonchev–Trinajstić information content (AvgIpc) is 3.16. The summed E-state index contributed by atoms with van der Waals surface area (Å²) in [7, 11) is 0. The summed E-state index contributed by atoms with van der Waals surface area (Å²) in [6.45, 7) is -0.612. The summed E-state index contributed by atoms with van der Waals surface area (Å²) in [6, 6.07) is 3.62. The highest BCUT2D eigenvalue weighted by atomic mass is 19.4. The first-order valence-electron chi connectivity index (χ1n) is 6.93. The quantitative estimate of drug-likeness (QED) is 0.758. The summed E-state index contributed by atoms with van der Waals surface area (Å²) in [5, 5.41) is 28.8. The van der Waals surface area contributed by atoms with E-state index in [1.165, 1.54) is 18.4 Å². The Balaban J connectivity index is 2.06. The first kappa shape index (κ1) is 16.8. The molecule has 0 saturated carbocycles. The Morgan fingerprint density at radius 2 is 1.92 bits per heavy atom. The van der Waals surface area contributed by atoms with E-state index in [4.69, 9.17) is 14.3 Å². The zero-order valence-corrected chi connectivity index (χ0v) is 12.0. The lowest BCUT2D eigenvalue weighted by Crippen LogP contribution is -2.32. The summed E-state index contributed by atoms with van der Waals surface area (Å²) in [4.78, 5) is 7.34. The fourth-order valence-electron chi connectivity index (χ4n) is 2.40. The van der Waals surface area contributed by atoms with Crippen LogP contribution in [0.1, 0.15) is 17.6 Å². The van der Waals surface area contributed by atoms with Gasteiger partial charge < -0.3 is 24.5 Å². The van der Waals surface area contributed by atoms with Crippen molar-refractivity contribution >= 4 is 0 Å². The zero-order valence-electron chi connectivity index (χ0n) is 12.0. The number of alkyl halides is 3. The summed E-state index contributed by atoms with van der Waals surface area (Å²) >= 11 is 0. The average molecular weight is 346 g/mol. The molecule has 0 radical (unpaired) electrons. The highest BCUT2D eigenvalue weighted by Crippen LogP contribution is 2.36. The molecule has 1 saturated heterocycles. The minimum Gasteiger partial charge on any atom is -0.463 e. The number of furan rings is 1. The molecule has 3 heterocycles. The van der Waals surface area contributed by atoms with E-state index in [1.807, 2.05) is 0 Å². The van der Waals surface area contributed by atoms with Crippen LogP contribution in [-0.4, -0.2) is 50.2 Å². The van der Waals surface area contributed by atoms with Gasteiger partial charge in [0.05, 0.1) is 12.9 Å². The summed E-state index contributed by atoms with van der Waals surface area (Å²) in [6.07, 6.45) is -9.07. The third-order valence-corrected chi connectivity index (χ3v) is 3.60. The maximum absolute atomic E-state index is 13.1. The van der Waals surface area contributed by atoms with Crippen molar-refractivity contribution in [2.24, 2.45) is 0 Å². The van der Waals surface area contributed by atoms with Crippen LogP contribution < -0.4 is 0 Å². The van der Waals surface area contributed by atoms with Gasteiger partial charge in [0.2, 0.25) is 0 Å². The van der Waals surface area contributed by atoms with Crippen molar-refractivity contribution in [3.05, 3.63) is 36.0 Å². The van der Waals surface area contributed by atoms with Crippen LogP contribution in [0, 0.1) is 0 Å². The van der Waals surface area contributed by atoms with E-state index in [2.05, 4.69) is 9.97 Å². The molecule has 0 spiro atoms. The van der Waals surface area contributed by atoms with Crippen LogP contribution in [0.4, 0.5) is 13.2 Å². The summed E-state index contributed by atoms with van der Waals surface area (Å²) in [5.74, 6) is -0.380. The van der Waals surface area contributed by atoms with Gasteiger partial charge in [-0.1, -0.05) is 0 Å². The molecule has 4 atom stereocenters. The molecule has 0 aliphatic carbocycles. The van der Waals surface area contributed by atoms with Gasteiger partial charge in [-0.3, -0.25) is 0 Å². The maximum atomic E-state index is 13.1. The number of aliphatic hydroxyl groups is 3. The summed E-state index contributed by atoms with van der Waals surface area (Å²) in [5.41, 5.74) is -1.38. The fraction of sp³-hybridized carbons (Fsp3) is 0.429. The van der Waals surface area contributed by atoms with Crippen molar-refractivity contribution in [2.45, 2.75) is 30.6 Å². The van der Waals surface area contributed by atoms with Crippen LogP contribution in [0.15, 0.2) is 28.9 Å². The van der Waals surface area contributed by atoms with Crippen molar-refractivity contribution in [3.8, 4) is 11.5 Å². The van der Waals surface area contributed by atoms with E-state index in [-0.39, 0.29) is 11.5 Å². The molecular formula is C14H13F3N2O5. The number of ether oxygens (including phenoxy) is 1. The van der Waals surface area contributed by atoms with Gasteiger partial charge in [0.15, 0.2) is 11.6 Å². The van der Waals surface area contributed by atoms with Crippen LogP contribution in [0.3, 0.4) is 0 Å². The third-order valence-electron chi connectivity index (χ3n) is 3.60. The zero-order chi connectivity index (χ0) is 17.5. The van der Waals surface area contributed by atoms with Gasteiger partial charge in [0.25, 0.3) is 0 Å². The van der Waals surface area contributed by atoms with Crippen LogP contribution in [0.2, 0.25) is 0 Å². The number of aromatic nitrogens is 2. The Bertz CT molecular complexity index is 707. The molecule has 3 rings (SSSR count). The Morgan fingerprint density at radius 1 is 1.17 bits per heavy atom. The van der Waals surface area contributed by atoms with Gasteiger partial charge in [-0.2, -0.15) is 13.2 Å². The topological polar surface area (TPSA) is 109 Å². The number of hydrogen-bond donors (Lipinski definition) is 3. The first-order valence-corrected chi connectivity index (χ1v) is 6.93. The van der Waals surface area contributed by atoms with Crippen molar-refractivity contribution < 1.29 is 37.6 Å².